The summed E-state index contributed by atoms with van der Waals surface area (Å²) in [6.45, 7) is 1.93. The normalized spacial score (nSPS) is 14.2. The monoisotopic (exact) mass is 494 g/mol. The van der Waals surface area contributed by atoms with Gasteiger partial charge in [-0.1, -0.05) is 12.1 Å². The highest BCUT2D eigenvalue weighted by molar-refractivity contribution is 5.96. The lowest BCUT2D eigenvalue weighted by Gasteiger charge is -2.24. The summed E-state index contributed by atoms with van der Waals surface area (Å²) in [7, 11) is 0. The summed E-state index contributed by atoms with van der Waals surface area (Å²) < 4.78 is 74.0. The van der Waals surface area contributed by atoms with Gasteiger partial charge in [0.1, 0.15) is 5.56 Å². The number of hydrogen-bond acceptors (Lipinski definition) is 6. The molecule has 7 nitrogen and oxygen atoms in total. The van der Waals surface area contributed by atoms with Crippen LogP contribution in [-0.4, -0.2) is 59.5 Å². The van der Waals surface area contributed by atoms with Gasteiger partial charge in [0.15, 0.2) is 34.8 Å². The van der Waals surface area contributed by atoms with Crippen LogP contribution < -0.4 is 4.90 Å². The molecule has 2 aromatic carbocycles. The quantitative estimate of drug-likeness (QED) is 0.237. The summed E-state index contributed by atoms with van der Waals surface area (Å²) in [4.78, 5) is 36.9. The molecule has 3 aromatic rings. The van der Waals surface area contributed by atoms with Gasteiger partial charge in [-0.15, -0.1) is 0 Å². The minimum Gasteiger partial charge on any atom is -0.461 e. The van der Waals surface area contributed by atoms with Crippen LogP contribution in [0.2, 0.25) is 0 Å². The van der Waals surface area contributed by atoms with Gasteiger partial charge in [0.25, 0.3) is 5.91 Å². The Labute approximate surface area is 196 Å². The zero-order valence-corrected chi connectivity index (χ0v) is 18.5. The van der Waals surface area contributed by atoms with Gasteiger partial charge in [-0.2, -0.15) is 0 Å². The fourth-order valence-electron chi connectivity index (χ4n) is 3.83. The molecule has 1 aliphatic heterocycles. The van der Waals surface area contributed by atoms with E-state index in [1.807, 2.05) is 0 Å². The molecule has 0 spiro atoms. The Hall–Kier alpha value is -3.83. The van der Waals surface area contributed by atoms with Gasteiger partial charge in [-0.3, -0.25) is 4.79 Å². The van der Waals surface area contributed by atoms with E-state index in [0.717, 1.165) is 4.90 Å². The van der Waals surface area contributed by atoms with Crippen molar-refractivity contribution < 1.29 is 36.3 Å². The summed E-state index contributed by atoms with van der Waals surface area (Å²) in [6.07, 6.45) is 0.262. The van der Waals surface area contributed by atoms with Crippen LogP contribution in [0.5, 0.6) is 0 Å². The number of fused-ring (bicyclic) bond motifs is 1. The smallest absolute Gasteiger partial charge is 0.360 e. The molecular weight excluding hydrogens is 475 g/mol. The van der Waals surface area contributed by atoms with Crippen LogP contribution in [0.15, 0.2) is 24.3 Å². The molecule has 0 bridgehead atoms. The summed E-state index contributed by atoms with van der Waals surface area (Å²) >= 11 is 0. The molecule has 0 unspecified atom stereocenters. The average Bonchev–Trinajstić information content (AvgIpc) is 3.12. The van der Waals surface area contributed by atoms with Crippen LogP contribution in [0.1, 0.15) is 34.2 Å². The topological polar surface area (TPSA) is 75.6 Å². The molecule has 0 atom stereocenters. The first kappa shape index (κ1) is 24.3. The number of rotatable bonds is 4. The molecule has 1 aromatic heterocycles. The molecular formula is C23H19F5N4O3. The molecule has 35 heavy (non-hydrogen) atoms. The molecule has 4 rings (SSSR count). The Morgan fingerprint density at radius 3 is 2.09 bits per heavy atom. The largest absolute Gasteiger partial charge is 0.461 e. The number of anilines is 1. The van der Waals surface area contributed by atoms with Gasteiger partial charge in [-0.05, 0) is 25.5 Å². The Kier molecular flexibility index (Phi) is 6.81. The number of hydrogen-bond donors (Lipinski definition) is 0. The number of halogens is 5. The Balaban J connectivity index is 1.64. The number of ether oxygens (including phenoxy) is 1. The van der Waals surface area contributed by atoms with Crippen LogP contribution in [0, 0.1) is 29.1 Å². The molecule has 0 aliphatic carbocycles. The van der Waals surface area contributed by atoms with Gasteiger partial charge < -0.3 is 14.5 Å². The Bertz CT molecular complexity index is 1290. The van der Waals surface area contributed by atoms with Crippen molar-refractivity contribution in [1.29, 1.82) is 0 Å². The number of benzene rings is 2. The number of aromatic nitrogens is 2. The highest BCUT2D eigenvalue weighted by Gasteiger charge is 2.33. The lowest BCUT2D eigenvalue weighted by atomic mass is 10.1. The van der Waals surface area contributed by atoms with Gasteiger partial charge in [0.2, 0.25) is 5.82 Å². The molecule has 0 radical (unpaired) electrons. The maximum Gasteiger partial charge on any atom is 0.360 e. The molecule has 2 heterocycles. The summed E-state index contributed by atoms with van der Waals surface area (Å²) in [5.41, 5.74) is -0.566. The fourth-order valence-corrected chi connectivity index (χ4v) is 3.83. The molecule has 1 saturated heterocycles. The van der Waals surface area contributed by atoms with Gasteiger partial charge in [-0.25, -0.2) is 36.7 Å². The molecule has 0 saturated carbocycles. The number of amides is 1. The lowest BCUT2D eigenvalue weighted by molar-refractivity contribution is 0.0520. The summed E-state index contributed by atoms with van der Waals surface area (Å²) in [5, 5.41) is 0. The van der Waals surface area contributed by atoms with E-state index in [2.05, 4.69) is 9.97 Å². The van der Waals surface area contributed by atoms with Crippen LogP contribution >= 0.6 is 0 Å². The maximum atomic E-state index is 14.2. The third kappa shape index (κ3) is 4.47. The fraction of sp³-hybridized carbons (Fsp3) is 0.304. The van der Waals surface area contributed by atoms with Crippen LogP contribution in [0.25, 0.3) is 11.0 Å². The number of carbonyl (C=O) groups excluding carboxylic acids is 2. The van der Waals surface area contributed by atoms with Crippen molar-refractivity contribution in [2.24, 2.45) is 0 Å². The molecule has 184 valence electrons. The van der Waals surface area contributed by atoms with Crippen LogP contribution in [0.3, 0.4) is 0 Å². The third-order valence-corrected chi connectivity index (χ3v) is 5.53. The molecule has 1 aliphatic rings. The Morgan fingerprint density at radius 2 is 1.46 bits per heavy atom. The summed E-state index contributed by atoms with van der Waals surface area (Å²) in [6, 6.07) is 6.87. The standard InChI is InChI=1S/C23H19F5N4O3/c1-2-35-23(34)20-21(30-13-7-4-3-6-12(13)29-20)31-8-5-9-32(11-10-31)22(33)14-15(24)17(26)19(28)18(27)16(14)25/h3-4,6-7H,2,5,8-11H2,1H3. The molecule has 0 N–H and O–H groups in total. The molecule has 1 fully saturated rings. The second-order valence-corrected chi connectivity index (χ2v) is 7.68. The van der Waals surface area contributed by atoms with E-state index in [-0.39, 0.29) is 50.7 Å². The van der Waals surface area contributed by atoms with Crippen molar-refractivity contribution >= 4 is 28.7 Å². The third-order valence-electron chi connectivity index (χ3n) is 5.53. The van der Waals surface area contributed by atoms with E-state index in [1.54, 1.807) is 36.1 Å². The predicted molar refractivity (Wildman–Crippen MR) is 114 cm³/mol. The van der Waals surface area contributed by atoms with E-state index in [9.17, 15) is 31.5 Å². The van der Waals surface area contributed by atoms with Crippen molar-refractivity contribution in [3.63, 3.8) is 0 Å². The molecule has 1 amide bonds. The maximum absolute atomic E-state index is 14.2. The zero-order chi connectivity index (χ0) is 25.3. The van der Waals surface area contributed by atoms with Crippen molar-refractivity contribution in [1.82, 2.24) is 14.9 Å². The van der Waals surface area contributed by atoms with Gasteiger partial charge in [0.05, 0.1) is 17.6 Å². The van der Waals surface area contributed by atoms with Crippen molar-refractivity contribution in [2.75, 3.05) is 37.7 Å². The van der Waals surface area contributed by atoms with Gasteiger partial charge >= 0.3 is 5.97 Å². The first-order valence-corrected chi connectivity index (χ1v) is 10.7. The van der Waals surface area contributed by atoms with Crippen molar-refractivity contribution in [2.45, 2.75) is 13.3 Å². The minimum absolute atomic E-state index is 0.0232. The van der Waals surface area contributed by atoms with Crippen LogP contribution in [-0.2, 0) is 4.74 Å². The van der Waals surface area contributed by atoms with Gasteiger partial charge in [0, 0.05) is 26.2 Å². The average molecular weight is 494 g/mol. The summed E-state index contributed by atoms with van der Waals surface area (Å²) in [5.74, 6) is -12.9. The molecule has 12 heteroatoms. The number of para-hydroxylation sites is 2. The SMILES string of the molecule is CCOC(=O)c1nc2ccccc2nc1N1CCCN(C(=O)c2c(F)c(F)c(F)c(F)c2F)CC1. The lowest BCUT2D eigenvalue weighted by Crippen LogP contribution is -2.37. The van der Waals surface area contributed by atoms with Crippen molar-refractivity contribution in [3.8, 4) is 0 Å². The second kappa shape index (κ2) is 9.80. The first-order chi connectivity index (χ1) is 16.7. The zero-order valence-electron chi connectivity index (χ0n) is 18.5. The Morgan fingerprint density at radius 1 is 0.857 bits per heavy atom. The number of nitrogens with zero attached hydrogens (tertiary/aromatic N) is 4. The highest BCUT2D eigenvalue weighted by atomic mass is 19.2. The van der Waals surface area contributed by atoms with Crippen molar-refractivity contribution in [3.05, 3.63) is 64.6 Å². The number of esters is 1. The van der Waals surface area contributed by atoms with E-state index in [4.69, 9.17) is 4.74 Å². The highest BCUT2D eigenvalue weighted by Crippen LogP contribution is 2.26. The van der Waals surface area contributed by atoms with E-state index < -0.39 is 46.5 Å². The van der Waals surface area contributed by atoms with Crippen LogP contribution in [0.4, 0.5) is 27.8 Å². The number of carbonyl (C=O) groups is 2. The van der Waals surface area contributed by atoms with E-state index >= 15 is 0 Å². The first-order valence-electron chi connectivity index (χ1n) is 10.7. The minimum atomic E-state index is -2.33. The van der Waals surface area contributed by atoms with E-state index in [1.165, 1.54) is 0 Å². The second-order valence-electron chi connectivity index (χ2n) is 7.68. The predicted octanol–water partition coefficient (Wildman–Crippen LogP) is 3.85. The van der Waals surface area contributed by atoms with E-state index in [0.29, 0.717) is 11.0 Å².